The van der Waals surface area contributed by atoms with Crippen LogP contribution in [-0.2, 0) is 9.53 Å². The Balaban J connectivity index is 2.13. The van der Waals surface area contributed by atoms with Crippen molar-refractivity contribution in [2.75, 3.05) is 19.0 Å². The van der Waals surface area contributed by atoms with Gasteiger partial charge in [0.15, 0.2) is 5.84 Å². The molecule has 9 nitrogen and oxygen atoms in total. The van der Waals surface area contributed by atoms with Crippen molar-refractivity contribution in [3.63, 3.8) is 0 Å². The van der Waals surface area contributed by atoms with Crippen LogP contribution >= 0.6 is 0 Å². The minimum absolute atomic E-state index is 0.0626. The molecule has 5 N–H and O–H groups in total. The number of anilines is 1. The lowest BCUT2D eigenvalue weighted by molar-refractivity contribution is -0.112. The SMILES string of the molecule is COC(=N)/C(=C\NCC1CC1)C(=O)Nc1cccc(C(=N)N(C=N)C(C)C)n1. The van der Waals surface area contributed by atoms with Crippen LogP contribution < -0.4 is 10.6 Å². The van der Waals surface area contributed by atoms with Gasteiger partial charge in [-0.25, -0.2) is 4.98 Å². The van der Waals surface area contributed by atoms with Crippen molar-refractivity contribution in [2.45, 2.75) is 32.7 Å². The number of pyridine rings is 1. The van der Waals surface area contributed by atoms with Crippen LogP contribution in [0.25, 0.3) is 0 Å². The molecule has 1 saturated carbocycles. The molecule has 0 saturated heterocycles. The highest BCUT2D eigenvalue weighted by atomic mass is 16.5. The quantitative estimate of drug-likeness (QED) is 0.252. The summed E-state index contributed by atoms with van der Waals surface area (Å²) in [5, 5.41) is 29.3. The van der Waals surface area contributed by atoms with Gasteiger partial charge in [-0.2, -0.15) is 0 Å². The first-order valence-electron chi connectivity index (χ1n) is 9.10. The summed E-state index contributed by atoms with van der Waals surface area (Å²) < 4.78 is 4.91. The van der Waals surface area contributed by atoms with Crippen LogP contribution in [0.15, 0.2) is 30.0 Å². The fourth-order valence-electron chi connectivity index (χ4n) is 2.42. The van der Waals surface area contributed by atoms with Gasteiger partial charge in [-0.05, 0) is 44.7 Å². The first-order chi connectivity index (χ1) is 13.4. The molecule has 1 aromatic rings. The minimum Gasteiger partial charge on any atom is -0.481 e. The summed E-state index contributed by atoms with van der Waals surface area (Å²) in [6.07, 6.45) is 4.92. The van der Waals surface area contributed by atoms with Crippen LogP contribution in [0.1, 0.15) is 32.4 Å². The topological polar surface area (TPSA) is 138 Å². The standard InChI is InChI=1S/C19H27N7O2/c1-12(2)26(11-20)17(21)15-5-4-6-16(24-15)25-19(27)14(18(22)28-3)10-23-9-13-7-8-13/h4-6,10-13,20-23H,7-9H2,1-3H3,(H,24,25,27)/b14-10+,20-11?,21-17?,22-18?. The Kier molecular flexibility index (Phi) is 7.25. The molecule has 0 spiro atoms. The van der Waals surface area contributed by atoms with Gasteiger partial charge in [-0.15, -0.1) is 0 Å². The number of ether oxygens (including phenoxy) is 1. The maximum Gasteiger partial charge on any atom is 0.263 e. The number of methoxy groups -OCH3 is 1. The average molecular weight is 385 g/mol. The second-order valence-electron chi connectivity index (χ2n) is 6.78. The molecule has 1 aromatic heterocycles. The zero-order valence-corrected chi connectivity index (χ0v) is 16.4. The molecule has 0 atom stereocenters. The van der Waals surface area contributed by atoms with Crippen LogP contribution in [0, 0.1) is 22.1 Å². The van der Waals surface area contributed by atoms with Crippen molar-refractivity contribution in [1.82, 2.24) is 15.2 Å². The predicted molar refractivity (Wildman–Crippen MR) is 109 cm³/mol. The van der Waals surface area contributed by atoms with Gasteiger partial charge in [-0.1, -0.05) is 6.07 Å². The van der Waals surface area contributed by atoms with Crippen molar-refractivity contribution in [3.8, 4) is 0 Å². The Morgan fingerprint density at radius 1 is 1.39 bits per heavy atom. The number of amides is 1. The van der Waals surface area contributed by atoms with Crippen molar-refractivity contribution in [2.24, 2.45) is 5.92 Å². The first-order valence-corrected chi connectivity index (χ1v) is 9.10. The van der Waals surface area contributed by atoms with Gasteiger partial charge in [0.05, 0.1) is 13.4 Å². The Hall–Kier alpha value is -3.23. The van der Waals surface area contributed by atoms with Gasteiger partial charge in [0.25, 0.3) is 5.91 Å². The second-order valence-corrected chi connectivity index (χ2v) is 6.78. The number of carbonyl (C=O) groups is 1. The normalized spacial score (nSPS) is 13.6. The molecule has 1 heterocycles. The van der Waals surface area contributed by atoms with Gasteiger partial charge in [-0.3, -0.25) is 21.0 Å². The highest BCUT2D eigenvalue weighted by Gasteiger charge is 2.22. The Morgan fingerprint density at radius 3 is 2.68 bits per heavy atom. The van der Waals surface area contributed by atoms with E-state index in [2.05, 4.69) is 15.6 Å². The maximum atomic E-state index is 12.6. The van der Waals surface area contributed by atoms with E-state index in [1.807, 2.05) is 13.8 Å². The summed E-state index contributed by atoms with van der Waals surface area (Å²) in [7, 11) is 1.34. The molecule has 28 heavy (non-hydrogen) atoms. The lowest BCUT2D eigenvalue weighted by Crippen LogP contribution is -2.36. The smallest absolute Gasteiger partial charge is 0.263 e. The van der Waals surface area contributed by atoms with E-state index in [0.717, 1.165) is 12.9 Å². The Bertz CT molecular complexity index is 784. The molecule has 1 amide bonds. The highest BCUT2D eigenvalue weighted by molar-refractivity contribution is 6.21. The molecule has 9 heteroatoms. The molecule has 0 radical (unpaired) electrons. The zero-order chi connectivity index (χ0) is 20.7. The summed E-state index contributed by atoms with van der Waals surface area (Å²) in [5.74, 6) is 0.156. The third-order valence-electron chi connectivity index (χ3n) is 4.23. The Morgan fingerprint density at radius 2 is 2.11 bits per heavy atom. The number of aromatic nitrogens is 1. The fourth-order valence-corrected chi connectivity index (χ4v) is 2.42. The monoisotopic (exact) mass is 385 g/mol. The summed E-state index contributed by atoms with van der Waals surface area (Å²) in [6, 6.07) is 4.84. The van der Waals surface area contributed by atoms with Crippen LogP contribution in [0.4, 0.5) is 5.82 Å². The lowest BCUT2D eigenvalue weighted by Gasteiger charge is -2.23. The third-order valence-corrected chi connectivity index (χ3v) is 4.23. The van der Waals surface area contributed by atoms with E-state index >= 15 is 0 Å². The predicted octanol–water partition coefficient (Wildman–Crippen LogP) is 2.17. The van der Waals surface area contributed by atoms with Crippen LogP contribution in [0.5, 0.6) is 0 Å². The summed E-state index contributed by atoms with van der Waals surface area (Å²) in [4.78, 5) is 18.4. The van der Waals surface area contributed by atoms with Crippen molar-refractivity contribution in [1.29, 1.82) is 16.2 Å². The molecular formula is C19H27N7O2. The summed E-state index contributed by atoms with van der Waals surface area (Å²) in [6.45, 7) is 4.49. The number of hydrogen-bond donors (Lipinski definition) is 5. The maximum absolute atomic E-state index is 12.6. The number of rotatable bonds is 9. The second kappa shape index (κ2) is 9.63. The first kappa shape index (κ1) is 21.1. The van der Waals surface area contributed by atoms with Crippen LogP contribution in [0.2, 0.25) is 0 Å². The van der Waals surface area contributed by atoms with Gasteiger partial charge in [0, 0.05) is 18.8 Å². The fraction of sp³-hybridized carbons (Fsp3) is 0.421. The van der Waals surface area contributed by atoms with Gasteiger partial charge in [0.2, 0.25) is 5.90 Å². The molecule has 150 valence electrons. The summed E-state index contributed by atoms with van der Waals surface area (Å²) in [5.41, 5.74) is 0.392. The van der Waals surface area contributed by atoms with Crippen LogP contribution in [0.3, 0.4) is 0 Å². The molecule has 1 aliphatic carbocycles. The van der Waals surface area contributed by atoms with Crippen molar-refractivity contribution >= 4 is 29.8 Å². The van der Waals surface area contributed by atoms with E-state index in [0.29, 0.717) is 11.6 Å². The minimum atomic E-state index is -0.529. The molecule has 0 aliphatic heterocycles. The van der Waals surface area contributed by atoms with E-state index in [1.54, 1.807) is 18.2 Å². The molecule has 0 unspecified atom stereocenters. The van der Waals surface area contributed by atoms with Crippen molar-refractivity contribution in [3.05, 3.63) is 35.7 Å². The van der Waals surface area contributed by atoms with E-state index in [9.17, 15) is 4.79 Å². The van der Waals surface area contributed by atoms with E-state index < -0.39 is 5.91 Å². The molecule has 0 bridgehead atoms. The Labute approximate surface area is 164 Å². The van der Waals surface area contributed by atoms with Crippen molar-refractivity contribution < 1.29 is 9.53 Å². The number of carbonyl (C=O) groups excluding carboxylic acids is 1. The van der Waals surface area contributed by atoms with Gasteiger partial charge < -0.3 is 20.3 Å². The van der Waals surface area contributed by atoms with E-state index in [1.165, 1.54) is 31.1 Å². The number of nitrogens with zero attached hydrogens (tertiary/aromatic N) is 2. The van der Waals surface area contributed by atoms with E-state index in [-0.39, 0.29) is 29.2 Å². The third kappa shape index (κ3) is 5.63. The largest absolute Gasteiger partial charge is 0.481 e. The molecular weight excluding hydrogens is 358 g/mol. The highest BCUT2D eigenvalue weighted by Crippen LogP contribution is 2.27. The molecule has 2 rings (SSSR count). The zero-order valence-electron chi connectivity index (χ0n) is 16.4. The van der Waals surface area contributed by atoms with Gasteiger partial charge >= 0.3 is 0 Å². The average Bonchev–Trinajstić information content (AvgIpc) is 3.49. The molecule has 1 fully saturated rings. The summed E-state index contributed by atoms with van der Waals surface area (Å²) >= 11 is 0. The number of hydrogen-bond acceptors (Lipinski definition) is 7. The van der Waals surface area contributed by atoms with Crippen LogP contribution in [-0.4, -0.2) is 53.6 Å². The number of amidine groups is 1. The lowest BCUT2D eigenvalue weighted by atomic mass is 10.2. The van der Waals surface area contributed by atoms with Gasteiger partial charge in [0.1, 0.15) is 17.1 Å². The number of nitrogens with one attached hydrogen (secondary N) is 5. The molecule has 0 aromatic carbocycles. The molecule has 1 aliphatic rings. The van der Waals surface area contributed by atoms with E-state index in [4.69, 9.17) is 21.0 Å².